The van der Waals surface area contributed by atoms with Gasteiger partial charge in [0.2, 0.25) is 10.0 Å². The summed E-state index contributed by atoms with van der Waals surface area (Å²) in [4.78, 5) is 0.279. The van der Waals surface area contributed by atoms with Crippen molar-refractivity contribution < 1.29 is 8.42 Å². The van der Waals surface area contributed by atoms with Crippen LogP contribution in [0.2, 0.25) is 5.02 Å². The zero-order valence-electron chi connectivity index (χ0n) is 15.1. The van der Waals surface area contributed by atoms with Gasteiger partial charge in [-0.15, -0.1) is 0 Å². The van der Waals surface area contributed by atoms with Crippen LogP contribution in [-0.4, -0.2) is 25.5 Å². The van der Waals surface area contributed by atoms with Crippen LogP contribution in [0.25, 0.3) is 10.8 Å². The first-order chi connectivity index (χ1) is 11.5. The summed E-state index contributed by atoms with van der Waals surface area (Å²) in [5.74, 6) is 0. The van der Waals surface area contributed by atoms with Gasteiger partial charge in [0.25, 0.3) is 0 Å². The van der Waals surface area contributed by atoms with E-state index in [1.165, 1.54) is 0 Å². The van der Waals surface area contributed by atoms with Crippen molar-refractivity contribution in [3.05, 3.63) is 41.4 Å². The van der Waals surface area contributed by atoms with Gasteiger partial charge < -0.3 is 5.32 Å². The van der Waals surface area contributed by atoms with E-state index < -0.39 is 10.0 Å². The molecule has 0 spiro atoms. The molecule has 0 radical (unpaired) electrons. The summed E-state index contributed by atoms with van der Waals surface area (Å²) in [6.45, 7) is 8.42. The molecule has 4 nitrogen and oxygen atoms in total. The van der Waals surface area contributed by atoms with Gasteiger partial charge in [-0.25, -0.2) is 13.1 Å². The van der Waals surface area contributed by atoms with Gasteiger partial charge >= 0.3 is 0 Å². The maximum Gasteiger partial charge on any atom is 0.241 e. The van der Waals surface area contributed by atoms with Gasteiger partial charge in [0.1, 0.15) is 0 Å². The number of nitrogens with one attached hydrogen (secondary N) is 2. The number of benzene rings is 2. The molecule has 0 atom stereocenters. The third-order valence-electron chi connectivity index (χ3n) is 4.63. The summed E-state index contributed by atoms with van der Waals surface area (Å²) >= 11 is 6.22. The number of halogens is 1. The smallest absolute Gasteiger partial charge is 0.241 e. The molecule has 6 heteroatoms. The number of hydrogen-bond donors (Lipinski definition) is 2. The Balaban J connectivity index is 1.97. The lowest BCUT2D eigenvalue weighted by Gasteiger charge is -2.46. The van der Waals surface area contributed by atoms with Crippen molar-refractivity contribution >= 4 is 32.4 Å². The van der Waals surface area contributed by atoms with Crippen LogP contribution in [0.15, 0.2) is 41.3 Å². The van der Waals surface area contributed by atoms with Gasteiger partial charge in [0.05, 0.1) is 4.90 Å². The maximum absolute atomic E-state index is 13.1. The van der Waals surface area contributed by atoms with Crippen LogP contribution in [-0.2, 0) is 10.0 Å². The zero-order chi connectivity index (χ0) is 18.5. The average Bonchev–Trinajstić information content (AvgIpc) is 2.43. The molecular weight excluding hydrogens is 356 g/mol. The minimum atomic E-state index is -3.64. The van der Waals surface area contributed by atoms with Gasteiger partial charge in [-0.2, -0.15) is 0 Å². The standard InChI is InChI=1S/C19H25ClN2O2S/c1-18(2)11-13(12-19(3,4)22-18)21-25(23,24)17-10-9-16(20)14-7-5-6-8-15(14)17/h5-10,13,21-22H,11-12H2,1-4H3. The van der Waals surface area contributed by atoms with Gasteiger partial charge in [0.15, 0.2) is 0 Å². The molecule has 136 valence electrons. The molecule has 2 N–H and O–H groups in total. The summed E-state index contributed by atoms with van der Waals surface area (Å²) in [7, 11) is -3.64. The minimum Gasteiger partial charge on any atom is -0.307 e. The normalized spacial score (nSPS) is 20.7. The Morgan fingerprint density at radius 3 is 2.16 bits per heavy atom. The first-order valence-corrected chi connectivity index (χ1v) is 10.3. The SMILES string of the molecule is CC1(C)CC(NS(=O)(=O)c2ccc(Cl)c3ccccc23)CC(C)(C)N1. The summed E-state index contributed by atoms with van der Waals surface area (Å²) in [5.41, 5.74) is -0.256. The topological polar surface area (TPSA) is 58.2 Å². The van der Waals surface area contributed by atoms with E-state index in [4.69, 9.17) is 11.6 Å². The Labute approximate surface area is 155 Å². The molecule has 0 saturated carbocycles. The third-order valence-corrected chi connectivity index (χ3v) is 6.54. The van der Waals surface area contributed by atoms with Crippen molar-refractivity contribution in [2.75, 3.05) is 0 Å². The number of piperidine rings is 1. The van der Waals surface area contributed by atoms with E-state index in [-0.39, 0.29) is 22.0 Å². The highest BCUT2D eigenvalue weighted by atomic mass is 35.5. The molecule has 0 aromatic heterocycles. The van der Waals surface area contributed by atoms with Crippen molar-refractivity contribution in [3.8, 4) is 0 Å². The molecular formula is C19H25ClN2O2S. The van der Waals surface area contributed by atoms with Gasteiger partial charge in [-0.3, -0.25) is 0 Å². The molecule has 2 aromatic carbocycles. The molecule has 1 heterocycles. The molecule has 1 aliphatic rings. The molecule has 3 rings (SSSR count). The van der Waals surface area contributed by atoms with E-state index in [1.807, 2.05) is 18.2 Å². The molecule has 25 heavy (non-hydrogen) atoms. The first kappa shape index (κ1) is 18.6. The molecule has 1 fully saturated rings. The lowest BCUT2D eigenvalue weighted by Crippen LogP contribution is -2.62. The monoisotopic (exact) mass is 380 g/mol. The molecule has 1 saturated heterocycles. The largest absolute Gasteiger partial charge is 0.307 e. The van der Waals surface area contributed by atoms with E-state index in [9.17, 15) is 8.42 Å². The molecule has 1 aliphatic heterocycles. The second-order valence-electron chi connectivity index (χ2n) is 8.21. The van der Waals surface area contributed by atoms with Crippen molar-refractivity contribution in [3.63, 3.8) is 0 Å². The average molecular weight is 381 g/mol. The highest BCUT2D eigenvalue weighted by Crippen LogP contribution is 2.32. The van der Waals surface area contributed by atoms with Crippen LogP contribution in [0.3, 0.4) is 0 Å². The van der Waals surface area contributed by atoms with E-state index in [0.29, 0.717) is 10.4 Å². The van der Waals surface area contributed by atoms with E-state index in [1.54, 1.807) is 18.2 Å². The Bertz CT molecular complexity index is 891. The fraction of sp³-hybridized carbons (Fsp3) is 0.474. The molecule has 0 aliphatic carbocycles. The quantitative estimate of drug-likeness (QED) is 0.843. The summed E-state index contributed by atoms with van der Waals surface area (Å²) < 4.78 is 29.1. The number of fused-ring (bicyclic) bond motifs is 1. The van der Waals surface area contributed by atoms with Gasteiger partial charge in [-0.05, 0) is 52.7 Å². The number of hydrogen-bond acceptors (Lipinski definition) is 3. The number of rotatable bonds is 3. The molecule has 0 amide bonds. The van der Waals surface area contributed by atoms with Gasteiger partial charge in [-0.1, -0.05) is 35.9 Å². The molecule has 2 aromatic rings. The highest BCUT2D eigenvalue weighted by Gasteiger charge is 2.39. The summed E-state index contributed by atoms with van der Waals surface area (Å²) in [6.07, 6.45) is 1.47. The van der Waals surface area contributed by atoms with E-state index >= 15 is 0 Å². The first-order valence-electron chi connectivity index (χ1n) is 8.48. The fourth-order valence-corrected chi connectivity index (χ4v) is 5.83. The Morgan fingerprint density at radius 1 is 1.00 bits per heavy atom. The highest BCUT2D eigenvalue weighted by molar-refractivity contribution is 7.89. The second kappa shape index (κ2) is 6.23. The Hall–Kier alpha value is -1.14. The molecule has 0 unspecified atom stereocenters. The van der Waals surface area contributed by atoms with Crippen LogP contribution in [0.1, 0.15) is 40.5 Å². The Morgan fingerprint density at radius 2 is 1.56 bits per heavy atom. The maximum atomic E-state index is 13.1. The minimum absolute atomic E-state index is 0.120. The predicted octanol–water partition coefficient (Wildman–Crippen LogP) is 4.08. The predicted molar refractivity (Wildman–Crippen MR) is 104 cm³/mol. The lowest BCUT2D eigenvalue weighted by atomic mass is 9.80. The van der Waals surface area contributed by atoms with Crippen molar-refractivity contribution in [1.82, 2.24) is 10.0 Å². The molecule has 0 bridgehead atoms. The van der Waals surface area contributed by atoms with Gasteiger partial charge in [0, 0.05) is 32.9 Å². The lowest BCUT2D eigenvalue weighted by molar-refractivity contribution is 0.157. The van der Waals surface area contributed by atoms with E-state index in [2.05, 4.69) is 37.7 Å². The fourth-order valence-electron chi connectivity index (χ4n) is 4.16. The zero-order valence-corrected chi connectivity index (χ0v) is 16.6. The van der Waals surface area contributed by atoms with E-state index in [0.717, 1.165) is 18.2 Å². The van der Waals surface area contributed by atoms with Crippen LogP contribution >= 0.6 is 11.6 Å². The third kappa shape index (κ3) is 4.00. The van der Waals surface area contributed by atoms with Crippen molar-refractivity contribution in [2.24, 2.45) is 0 Å². The van der Waals surface area contributed by atoms with Crippen LogP contribution < -0.4 is 10.0 Å². The van der Waals surface area contributed by atoms with Crippen LogP contribution in [0.5, 0.6) is 0 Å². The van der Waals surface area contributed by atoms with Crippen LogP contribution in [0.4, 0.5) is 0 Å². The summed E-state index contributed by atoms with van der Waals surface area (Å²) in [6, 6.07) is 10.4. The van der Waals surface area contributed by atoms with Crippen LogP contribution in [0, 0.1) is 0 Å². The Kier molecular flexibility index (Phi) is 4.65. The number of sulfonamides is 1. The second-order valence-corrected chi connectivity index (χ2v) is 10.3. The summed E-state index contributed by atoms with van der Waals surface area (Å²) in [5, 5.41) is 5.52. The van der Waals surface area contributed by atoms with Crippen molar-refractivity contribution in [2.45, 2.75) is 62.6 Å². The van der Waals surface area contributed by atoms with Crippen molar-refractivity contribution in [1.29, 1.82) is 0 Å².